The average molecular weight is 757 g/mol. The van der Waals surface area contributed by atoms with Crippen LogP contribution in [-0.4, -0.2) is 42.9 Å². The first kappa shape index (κ1) is 28.1. The van der Waals surface area contributed by atoms with Gasteiger partial charge in [-0.1, -0.05) is 12.1 Å². The van der Waals surface area contributed by atoms with Gasteiger partial charge >= 0.3 is 6.18 Å². The molecule has 15 heteroatoms. The molecule has 2 heterocycles. The predicted molar refractivity (Wildman–Crippen MR) is 145 cm³/mol. The molecule has 0 fully saturated rings. The van der Waals surface area contributed by atoms with E-state index in [1.807, 2.05) is 45.2 Å². The molecule has 1 aliphatic rings. The normalized spacial score (nSPS) is 13.0. The number of carbonyl (C=O) groups excluding carboxylic acids is 2. The summed E-state index contributed by atoms with van der Waals surface area (Å²) in [6.07, 6.45) is -4.37. The Labute approximate surface area is 240 Å². The fourth-order valence-electron chi connectivity index (χ4n) is 3.65. The molecule has 3 aromatic rings. The number of fused-ring (bicyclic) bond motifs is 1. The minimum Gasteiger partial charge on any atom is -0.495 e. The number of rotatable bonds is 7. The highest BCUT2D eigenvalue weighted by Gasteiger charge is 2.37. The second-order valence-electron chi connectivity index (χ2n) is 7.90. The number of ether oxygens (including phenoxy) is 2. The Kier molecular flexibility index (Phi) is 8.15. The molecule has 1 aliphatic heterocycles. The second kappa shape index (κ2) is 11.0. The number of hydrogen-bond donors (Lipinski definition) is 2. The maximum atomic E-state index is 14.7. The number of alkyl halides is 5. The highest BCUT2D eigenvalue weighted by atomic mass is 127. The highest BCUT2D eigenvalue weighted by molar-refractivity contribution is 14.2. The summed E-state index contributed by atoms with van der Waals surface area (Å²) in [7, 11) is 2.83. The van der Waals surface area contributed by atoms with Crippen LogP contribution in [0.4, 0.5) is 29.2 Å². The Morgan fingerprint density at radius 1 is 1.21 bits per heavy atom. The standard InChI is InChI=1S/C23H17F4I2N5O4/c1-34-9-10-4-3-5-15(17(10)20(34)36)38-19-12(23(25,26)27)8-30-22(33-19)31-14-7-13(24)11(6-16(14)37-2)18(35)32-21(28)29/h3-8,21H,9H2,1-2H3,(H,32,35)(H,30,31,33). The molecule has 4 rings (SSSR count). The first-order valence-electron chi connectivity index (χ1n) is 10.6. The largest absolute Gasteiger partial charge is 0.495 e. The van der Waals surface area contributed by atoms with Crippen LogP contribution in [0.25, 0.3) is 0 Å². The fraction of sp³-hybridized carbons (Fsp3) is 0.217. The molecule has 0 radical (unpaired) electrons. The van der Waals surface area contributed by atoms with E-state index in [2.05, 4.69) is 20.6 Å². The molecule has 0 bridgehead atoms. The Morgan fingerprint density at radius 2 is 1.95 bits per heavy atom. The number of hydrogen-bond acceptors (Lipinski definition) is 7. The van der Waals surface area contributed by atoms with E-state index in [0.29, 0.717) is 11.8 Å². The minimum atomic E-state index is -4.87. The molecule has 9 nitrogen and oxygen atoms in total. The number of benzene rings is 2. The van der Waals surface area contributed by atoms with Crippen molar-refractivity contribution in [3.05, 3.63) is 64.6 Å². The summed E-state index contributed by atoms with van der Waals surface area (Å²) >= 11 is 3.85. The van der Waals surface area contributed by atoms with Crippen molar-refractivity contribution in [1.29, 1.82) is 0 Å². The first-order chi connectivity index (χ1) is 17.9. The monoisotopic (exact) mass is 757 g/mol. The van der Waals surface area contributed by atoms with E-state index < -0.39 is 35.3 Å². The number of nitrogens with one attached hydrogen (secondary N) is 2. The van der Waals surface area contributed by atoms with Crippen molar-refractivity contribution in [2.45, 2.75) is 14.8 Å². The summed E-state index contributed by atoms with van der Waals surface area (Å²) in [5, 5.41) is 5.14. The van der Waals surface area contributed by atoms with Crippen LogP contribution in [0.5, 0.6) is 17.4 Å². The molecular formula is C23H17F4I2N5O4. The van der Waals surface area contributed by atoms with E-state index in [4.69, 9.17) is 9.47 Å². The van der Waals surface area contributed by atoms with Crippen molar-refractivity contribution in [1.82, 2.24) is 20.2 Å². The zero-order chi connectivity index (χ0) is 27.8. The topological polar surface area (TPSA) is 106 Å². The summed E-state index contributed by atoms with van der Waals surface area (Å²) in [4.78, 5) is 33.8. The van der Waals surface area contributed by atoms with Crippen LogP contribution in [0.1, 0.15) is 31.8 Å². The van der Waals surface area contributed by atoms with Crippen LogP contribution in [0.2, 0.25) is 0 Å². The molecule has 0 aliphatic carbocycles. The van der Waals surface area contributed by atoms with Gasteiger partial charge < -0.3 is 25.0 Å². The Hall–Kier alpha value is -2.96. The smallest absolute Gasteiger partial charge is 0.423 e. The number of amides is 2. The van der Waals surface area contributed by atoms with Gasteiger partial charge in [-0.3, -0.25) is 9.59 Å². The van der Waals surface area contributed by atoms with E-state index in [1.165, 1.54) is 18.1 Å². The van der Waals surface area contributed by atoms with Crippen LogP contribution in [0, 0.1) is 5.82 Å². The van der Waals surface area contributed by atoms with Gasteiger partial charge in [0.15, 0.2) is 0 Å². The van der Waals surface area contributed by atoms with Crippen molar-refractivity contribution in [3.63, 3.8) is 0 Å². The molecular weight excluding hydrogens is 740 g/mol. The maximum absolute atomic E-state index is 14.7. The van der Waals surface area contributed by atoms with Gasteiger partial charge in [0.2, 0.25) is 11.8 Å². The van der Waals surface area contributed by atoms with Gasteiger partial charge in [-0.2, -0.15) is 18.2 Å². The van der Waals surface area contributed by atoms with Crippen molar-refractivity contribution in [2.75, 3.05) is 19.5 Å². The molecule has 0 saturated heterocycles. The molecule has 38 heavy (non-hydrogen) atoms. The van der Waals surface area contributed by atoms with Crippen molar-refractivity contribution < 1.29 is 36.6 Å². The van der Waals surface area contributed by atoms with Crippen LogP contribution < -0.4 is 20.1 Å². The minimum absolute atomic E-state index is 0.00972. The molecule has 0 saturated carbocycles. The van der Waals surface area contributed by atoms with Crippen LogP contribution in [0.3, 0.4) is 0 Å². The molecule has 0 atom stereocenters. The van der Waals surface area contributed by atoms with Crippen molar-refractivity contribution in [3.8, 4) is 17.4 Å². The van der Waals surface area contributed by atoms with E-state index in [9.17, 15) is 27.2 Å². The summed E-state index contributed by atoms with van der Waals surface area (Å²) in [5.41, 5.74) is -0.900. The van der Waals surface area contributed by atoms with Gasteiger partial charge in [0.1, 0.15) is 24.9 Å². The van der Waals surface area contributed by atoms with Gasteiger partial charge in [0.05, 0.1) is 23.9 Å². The van der Waals surface area contributed by atoms with E-state index in [1.54, 1.807) is 19.2 Å². The predicted octanol–water partition coefficient (Wildman–Crippen LogP) is 5.65. The Morgan fingerprint density at radius 3 is 2.61 bits per heavy atom. The first-order valence-corrected chi connectivity index (χ1v) is 13.1. The summed E-state index contributed by atoms with van der Waals surface area (Å²) in [5.74, 6) is -3.33. The molecule has 0 spiro atoms. The molecule has 0 unspecified atom stereocenters. The Balaban J connectivity index is 1.71. The van der Waals surface area contributed by atoms with Gasteiger partial charge in [-0.15, -0.1) is 0 Å². The number of nitrogens with zero attached hydrogens (tertiary/aromatic N) is 3. The van der Waals surface area contributed by atoms with Crippen LogP contribution >= 0.6 is 45.2 Å². The third-order valence-electron chi connectivity index (χ3n) is 5.37. The van der Waals surface area contributed by atoms with Crippen molar-refractivity contribution in [2.24, 2.45) is 0 Å². The fourth-order valence-corrected chi connectivity index (χ4v) is 4.21. The number of carbonyl (C=O) groups is 2. The van der Waals surface area contributed by atoms with Crippen LogP contribution in [0.15, 0.2) is 36.5 Å². The van der Waals surface area contributed by atoms with E-state index >= 15 is 0 Å². The third kappa shape index (κ3) is 5.87. The summed E-state index contributed by atoms with van der Waals surface area (Å²) < 4.78 is 66.4. The van der Waals surface area contributed by atoms with E-state index in [0.717, 1.165) is 12.1 Å². The lowest BCUT2D eigenvalue weighted by Gasteiger charge is -2.16. The number of halogens is 6. The maximum Gasteiger partial charge on any atom is 0.423 e. The molecule has 200 valence electrons. The number of aromatic nitrogens is 2. The lowest BCUT2D eigenvalue weighted by molar-refractivity contribution is -0.139. The average Bonchev–Trinajstić information content (AvgIpc) is 3.12. The number of anilines is 2. The van der Waals surface area contributed by atoms with Gasteiger partial charge in [0.25, 0.3) is 11.8 Å². The number of methoxy groups -OCH3 is 1. The summed E-state index contributed by atoms with van der Waals surface area (Å²) in [6, 6.07) is 6.66. The molecule has 2 N–H and O–H groups in total. The quantitative estimate of drug-likeness (QED) is 0.139. The van der Waals surface area contributed by atoms with Gasteiger partial charge in [0, 0.05) is 25.9 Å². The van der Waals surface area contributed by atoms with E-state index in [-0.39, 0.29) is 42.9 Å². The molecule has 2 amide bonds. The van der Waals surface area contributed by atoms with Crippen molar-refractivity contribution >= 4 is 68.6 Å². The van der Waals surface area contributed by atoms with Crippen LogP contribution in [-0.2, 0) is 12.7 Å². The Bertz CT molecular complexity index is 1420. The van der Waals surface area contributed by atoms with Gasteiger partial charge in [-0.25, -0.2) is 9.37 Å². The molecule has 2 aromatic carbocycles. The molecule has 1 aromatic heterocycles. The highest BCUT2D eigenvalue weighted by Crippen LogP contribution is 2.40. The summed E-state index contributed by atoms with van der Waals surface area (Å²) in [6.45, 7) is 0.282. The lowest BCUT2D eigenvalue weighted by atomic mass is 10.1. The SMILES string of the molecule is COc1cc(C(=O)NC(I)I)c(F)cc1Nc1ncc(C(F)(F)F)c(Oc2cccc3c2C(=O)N(C)C3)n1. The van der Waals surface area contributed by atoms with Gasteiger partial charge in [-0.05, 0) is 62.9 Å². The lowest BCUT2D eigenvalue weighted by Crippen LogP contribution is -2.27. The zero-order valence-corrected chi connectivity index (χ0v) is 23.8. The second-order valence-corrected chi connectivity index (χ2v) is 12.8. The third-order valence-corrected chi connectivity index (χ3v) is 5.99. The zero-order valence-electron chi connectivity index (χ0n) is 19.5.